The minimum absolute atomic E-state index is 0.0448. The van der Waals surface area contributed by atoms with E-state index in [-0.39, 0.29) is 14.9 Å². The highest BCUT2D eigenvalue weighted by atomic mass is 35.5. The maximum Gasteiger partial charge on any atom is 0.243 e. The molecule has 0 bridgehead atoms. The third-order valence-corrected chi connectivity index (χ3v) is 5.99. The molecule has 0 aliphatic heterocycles. The third kappa shape index (κ3) is 3.79. The van der Waals surface area contributed by atoms with Crippen molar-refractivity contribution in [2.75, 3.05) is 12.3 Å². The van der Waals surface area contributed by atoms with Crippen LogP contribution in [0.5, 0.6) is 0 Å². The van der Waals surface area contributed by atoms with E-state index in [1.165, 1.54) is 37.8 Å². The Kier molecular flexibility index (Phi) is 5.18. The lowest BCUT2D eigenvalue weighted by Crippen LogP contribution is -2.26. The van der Waals surface area contributed by atoms with Crippen molar-refractivity contribution in [2.24, 2.45) is 5.92 Å². The van der Waals surface area contributed by atoms with Gasteiger partial charge in [0.15, 0.2) is 0 Å². The molecule has 3 N–H and O–H groups in total. The highest BCUT2D eigenvalue weighted by Crippen LogP contribution is 2.32. The van der Waals surface area contributed by atoms with E-state index < -0.39 is 10.0 Å². The molecule has 0 atom stereocenters. The van der Waals surface area contributed by atoms with Crippen molar-refractivity contribution >= 4 is 38.9 Å². The number of nitrogens with two attached hydrogens (primary N) is 1. The normalized spacial score (nSPS) is 16.7. The summed E-state index contributed by atoms with van der Waals surface area (Å²) >= 11 is 11.9. The molecule has 0 saturated heterocycles. The van der Waals surface area contributed by atoms with Gasteiger partial charge in [0.1, 0.15) is 4.90 Å². The summed E-state index contributed by atoms with van der Waals surface area (Å²) in [5.41, 5.74) is 5.91. The largest absolute Gasteiger partial charge is 0.399 e. The Balaban J connectivity index is 2.06. The molecule has 0 unspecified atom stereocenters. The van der Waals surface area contributed by atoms with Crippen molar-refractivity contribution in [2.45, 2.75) is 37.0 Å². The number of rotatable bonds is 5. The minimum Gasteiger partial charge on any atom is -0.399 e. The Bertz CT molecular complexity index is 561. The Labute approximate surface area is 129 Å². The predicted octanol–water partition coefficient (Wildman–Crippen LogP) is 3.43. The molecule has 0 heterocycles. The van der Waals surface area contributed by atoms with Gasteiger partial charge in [-0.2, -0.15) is 0 Å². The average Bonchev–Trinajstić information content (AvgIpc) is 2.79. The van der Waals surface area contributed by atoms with Gasteiger partial charge >= 0.3 is 0 Å². The number of nitrogen functional groups attached to an aromatic ring is 1. The van der Waals surface area contributed by atoms with Gasteiger partial charge in [-0.15, -0.1) is 0 Å². The molecule has 0 radical (unpaired) electrons. The van der Waals surface area contributed by atoms with E-state index >= 15 is 0 Å². The monoisotopic (exact) mass is 336 g/mol. The fourth-order valence-electron chi connectivity index (χ4n) is 2.60. The van der Waals surface area contributed by atoms with E-state index in [4.69, 9.17) is 28.9 Å². The average molecular weight is 337 g/mol. The molecular weight excluding hydrogens is 319 g/mol. The van der Waals surface area contributed by atoms with E-state index in [1.807, 2.05) is 0 Å². The molecule has 1 aliphatic carbocycles. The van der Waals surface area contributed by atoms with Crippen LogP contribution in [0.1, 0.15) is 32.1 Å². The molecule has 4 nitrogen and oxygen atoms in total. The van der Waals surface area contributed by atoms with Crippen molar-refractivity contribution in [1.29, 1.82) is 0 Å². The van der Waals surface area contributed by atoms with Crippen LogP contribution >= 0.6 is 23.2 Å². The Morgan fingerprint density at radius 2 is 1.75 bits per heavy atom. The topological polar surface area (TPSA) is 72.2 Å². The van der Waals surface area contributed by atoms with Gasteiger partial charge in [0.2, 0.25) is 10.0 Å². The van der Waals surface area contributed by atoms with Crippen LogP contribution in [-0.4, -0.2) is 15.0 Å². The molecule has 0 amide bonds. The maximum atomic E-state index is 12.2. The number of hydrogen-bond acceptors (Lipinski definition) is 3. The minimum atomic E-state index is -3.70. The number of sulfonamides is 1. The van der Waals surface area contributed by atoms with Gasteiger partial charge in [-0.1, -0.05) is 48.9 Å². The lowest BCUT2D eigenvalue weighted by atomic mass is 10.1. The molecule has 0 spiro atoms. The molecule has 1 aromatic carbocycles. The summed E-state index contributed by atoms with van der Waals surface area (Å²) in [4.78, 5) is -0.0959. The molecule has 0 aromatic heterocycles. The second-order valence-corrected chi connectivity index (χ2v) is 7.67. The standard InChI is InChI=1S/C13H18Cl2N2O2S/c14-11-7-10(16)8-12(15)13(11)20(18,19)17-6-5-9-3-1-2-4-9/h7-9,17H,1-6,16H2. The van der Waals surface area contributed by atoms with Gasteiger partial charge in [-0.3, -0.25) is 0 Å². The van der Waals surface area contributed by atoms with Crippen LogP contribution in [-0.2, 0) is 10.0 Å². The van der Waals surface area contributed by atoms with Gasteiger partial charge in [0.05, 0.1) is 10.0 Å². The van der Waals surface area contributed by atoms with Crippen molar-refractivity contribution < 1.29 is 8.42 Å². The highest BCUT2D eigenvalue weighted by molar-refractivity contribution is 7.89. The van der Waals surface area contributed by atoms with E-state index in [0.717, 1.165) is 6.42 Å². The fourth-order valence-corrected chi connectivity index (χ4v) is 4.88. The third-order valence-electron chi connectivity index (χ3n) is 3.61. The van der Waals surface area contributed by atoms with Gasteiger partial charge < -0.3 is 5.73 Å². The van der Waals surface area contributed by atoms with Crippen LogP contribution in [0, 0.1) is 5.92 Å². The Morgan fingerprint density at radius 1 is 1.20 bits per heavy atom. The number of anilines is 1. The Hall–Kier alpha value is -0.490. The molecule has 7 heteroatoms. The van der Waals surface area contributed by atoms with Gasteiger partial charge in [0.25, 0.3) is 0 Å². The molecule has 2 rings (SSSR count). The summed E-state index contributed by atoms with van der Waals surface area (Å²) in [6, 6.07) is 2.78. The van der Waals surface area contributed by atoms with Gasteiger partial charge in [-0.05, 0) is 24.5 Å². The first-order valence-electron chi connectivity index (χ1n) is 6.64. The smallest absolute Gasteiger partial charge is 0.243 e. The highest BCUT2D eigenvalue weighted by Gasteiger charge is 2.23. The number of hydrogen-bond donors (Lipinski definition) is 2. The summed E-state index contributed by atoms with van der Waals surface area (Å²) in [7, 11) is -3.70. The molecule has 112 valence electrons. The zero-order valence-corrected chi connectivity index (χ0v) is 13.4. The van der Waals surface area contributed by atoms with E-state index in [2.05, 4.69) is 4.72 Å². The second-order valence-electron chi connectivity index (χ2n) is 5.15. The molecule has 20 heavy (non-hydrogen) atoms. The zero-order chi connectivity index (χ0) is 14.8. The van der Waals surface area contributed by atoms with Gasteiger partial charge in [0, 0.05) is 12.2 Å². The first kappa shape index (κ1) is 15.9. The van der Waals surface area contributed by atoms with E-state index in [0.29, 0.717) is 18.2 Å². The summed E-state index contributed by atoms with van der Waals surface area (Å²) in [5.74, 6) is 0.620. The number of nitrogens with one attached hydrogen (secondary N) is 1. The SMILES string of the molecule is Nc1cc(Cl)c(S(=O)(=O)NCCC2CCCC2)c(Cl)c1. The van der Waals surface area contributed by atoms with Crippen LogP contribution in [0.3, 0.4) is 0 Å². The quantitative estimate of drug-likeness (QED) is 0.809. The summed E-state index contributed by atoms with van der Waals surface area (Å²) in [5, 5.41) is 0.0896. The lowest BCUT2D eigenvalue weighted by molar-refractivity contribution is 0.496. The van der Waals surface area contributed by atoms with Gasteiger partial charge in [-0.25, -0.2) is 13.1 Å². The van der Waals surface area contributed by atoms with Crippen LogP contribution in [0.4, 0.5) is 5.69 Å². The van der Waals surface area contributed by atoms with E-state index in [9.17, 15) is 8.42 Å². The van der Waals surface area contributed by atoms with Crippen LogP contribution in [0.2, 0.25) is 10.0 Å². The zero-order valence-electron chi connectivity index (χ0n) is 11.0. The van der Waals surface area contributed by atoms with Crippen molar-refractivity contribution in [3.63, 3.8) is 0 Å². The first-order chi connectivity index (χ1) is 9.40. The molecular formula is C13H18Cl2N2O2S. The predicted molar refractivity (Wildman–Crippen MR) is 82.6 cm³/mol. The van der Waals surface area contributed by atoms with Crippen LogP contribution in [0.25, 0.3) is 0 Å². The second kappa shape index (κ2) is 6.52. The summed E-state index contributed by atoms with van der Waals surface area (Å²) in [6.07, 6.45) is 5.71. The van der Waals surface area contributed by atoms with Crippen molar-refractivity contribution in [3.8, 4) is 0 Å². The lowest BCUT2D eigenvalue weighted by Gasteiger charge is -2.12. The van der Waals surface area contributed by atoms with Crippen molar-refractivity contribution in [3.05, 3.63) is 22.2 Å². The molecule has 1 saturated carbocycles. The Morgan fingerprint density at radius 3 is 2.30 bits per heavy atom. The fraction of sp³-hybridized carbons (Fsp3) is 0.538. The first-order valence-corrected chi connectivity index (χ1v) is 8.88. The van der Waals surface area contributed by atoms with Crippen LogP contribution < -0.4 is 10.5 Å². The maximum absolute atomic E-state index is 12.2. The summed E-state index contributed by atoms with van der Waals surface area (Å²) in [6.45, 7) is 0.407. The van der Waals surface area contributed by atoms with E-state index in [1.54, 1.807) is 0 Å². The molecule has 1 aliphatic rings. The van der Waals surface area contributed by atoms with Crippen LogP contribution in [0.15, 0.2) is 17.0 Å². The molecule has 1 aromatic rings. The molecule has 1 fully saturated rings. The number of halogens is 2. The summed E-state index contributed by atoms with van der Waals surface area (Å²) < 4.78 is 27.0. The number of benzene rings is 1. The van der Waals surface area contributed by atoms with Crippen molar-refractivity contribution in [1.82, 2.24) is 4.72 Å².